The van der Waals surface area contributed by atoms with Gasteiger partial charge in [0.2, 0.25) is 0 Å². The number of pyridine rings is 1. The molecule has 0 bridgehead atoms. The van der Waals surface area contributed by atoms with Gasteiger partial charge in [-0.05, 0) is 25.5 Å². The maximum atomic E-state index is 12.7. The van der Waals surface area contributed by atoms with Crippen LogP contribution >= 0.6 is 0 Å². The second-order valence-electron chi connectivity index (χ2n) is 6.09. The molecule has 0 aliphatic carbocycles. The van der Waals surface area contributed by atoms with Crippen molar-refractivity contribution in [2.75, 3.05) is 20.8 Å². The predicted octanol–water partition coefficient (Wildman–Crippen LogP) is 3.06. The maximum Gasteiger partial charge on any atom is 0.358 e. The first kappa shape index (κ1) is 20.1. The summed E-state index contributed by atoms with van der Waals surface area (Å²) in [5, 5.41) is 0. The molecule has 0 fully saturated rings. The molecule has 29 heavy (non-hydrogen) atoms. The number of carbonyl (C=O) groups excluding carboxylic acids is 3. The molecule has 0 saturated carbocycles. The number of hydrogen-bond acceptors (Lipinski definition) is 7. The topological polar surface area (TPSA) is 96.2 Å². The molecule has 0 atom stereocenters. The molecule has 150 valence electrons. The fourth-order valence-electron chi connectivity index (χ4n) is 3.18. The summed E-state index contributed by atoms with van der Waals surface area (Å²) in [6.07, 6.45) is 0. The third-order valence-electron chi connectivity index (χ3n) is 4.46. The van der Waals surface area contributed by atoms with Gasteiger partial charge in [-0.15, -0.1) is 0 Å². The van der Waals surface area contributed by atoms with Gasteiger partial charge in [0.15, 0.2) is 5.69 Å². The van der Waals surface area contributed by atoms with E-state index in [1.165, 1.54) is 18.6 Å². The standard InChI is InChI=1S/C21H20N2O6/c1-5-29-20(25)17-12(2)23-15(22-17)11-14(13-9-7-6-8-10-13)16(19(24)27-3)18(23)21(26)28-4/h6-11H,5H2,1-4H3. The molecule has 0 saturated heterocycles. The molecule has 0 radical (unpaired) electrons. The van der Waals surface area contributed by atoms with E-state index < -0.39 is 17.9 Å². The Kier molecular flexibility index (Phi) is 5.63. The van der Waals surface area contributed by atoms with E-state index in [-0.39, 0.29) is 23.6 Å². The van der Waals surface area contributed by atoms with Crippen molar-refractivity contribution in [3.05, 3.63) is 59.0 Å². The van der Waals surface area contributed by atoms with Crippen LogP contribution in [0.25, 0.3) is 16.8 Å². The summed E-state index contributed by atoms with van der Waals surface area (Å²) in [7, 11) is 2.44. The van der Waals surface area contributed by atoms with Crippen molar-refractivity contribution >= 4 is 23.6 Å². The molecule has 2 aromatic heterocycles. The number of carbonyl (C=O) groups is 3. The zero-order valence-electron chi connectivity index (χ0n) is 16.5. The minimum atomic E-state index is -0.760. The van der Waals surface area contributed by atoms with E-state index in [4.69, 9.17) is 14.2 Å². The molecular formula is C21H20N2O6. The zero-order chi connectivity index (χ0) is 21.1. The number of aromatic nitrogens is 2. The van der Waals surface area contributed by atoms with Crippen LogP contribution in [0.1, 0.15) is 44.0 Å². The van der Waals surface area contributed by atoms with Gasteiger partial charge in [-0.3, -0.25) is 4.40 Å². The average molecular weight is 396 g/mol. The molecule has 0 aliphatic rings. The Balaban J connectivity index is 2.47. The van der Waals surface area contributed by atoms with Gasteiger partial charge in [0.1, 0.15) is 11.3 Å². The number of esters is 3. The molecule has 0 aliphatic heterocycles. The lowest BCUT2D eigenvalue weighted by Crippen LogP contribution is -2.19. The highest BCUT2D eigenvalue weighted by atomic mass is 16.5. The van der Waals surface area contributed by atoms with Crippen molar-refractivity contribution in [1.29, 1.82) is 0 Å². The molecule has 1 aromatic carbocycles. The van der Waals surface area contributed by atoms with Gasteiger partial charge in [-0.2, -0.15) is 0 Å². The van der Waals surface area contributed by atoms with Crippen LogP contribution in [-0.2, 0) is 14.2 Å². The second kappa shape index (κ2) is 8.14. The van der Waals surface area contributed by atoms with Gasteiger partial charge in [0, 0.05) is 5.56 Å². The van der Waals surface area contributed by atoms with Crippen molar-refractivity contribution in [1.82, 2.24) is 9.38 Å². The second-order valence-corrected chi connectivity index (χ2v) is 6.09. The molecule has 3 aromatic rings. The van der Waals surface area contributed by atoms with Gasteiger partial charge in [0.05, 0.1) is 32.1 Å². The van der Waals surface area contributed by atoms with E-state index >= 15 is 0 Å². The van der Waals surface area contributed by atoms with Crippen molar-refractivity contribution in [2.24, 2.45) is 0 Å². The quantitative estimate of drug-likeness (QED) is 0.483. The Morgan fingerprint density at radius 2 is 1.66 bits per heavy atom. The lowest BCUT2D eigenvalue weighted by molar-refractivity contribution is 0.0517. The molecule has 8 nitrogen and oxygen atoms in total. The van der Waals surface area contributed by atoms with Gasteiger partial charge < -0.3 is 14.2 Å². The number of hydrogen-bond donors (Lipinski definition) is 0. The maximum absolute atomic E-state index is 12.7. The SMILES string of the molecule is CCOC(=O)c1nc2cc(-c3ccccc3)c(C(=O)OC)c(C(=O)OC)n2c1C. The summed E-state index contributed by atoms with van der Waals surface area (Å²) < 4.78 is 16.3. The summed E-state index contributed by atoms with van der Waals surface area (Å²) in [5.41, 5.74) is 1.77. The monoisotopic (exact) mass is 396 g/mol. The molecule has 0 N–H and O–H groups in total. The Bertz CT molecular complexity index is 1100. The van der Waals surface area contributed by atoms with E-state index in [0.717, 1.165) is 0 Å². The number of ether oxygens (including phenoxy) is 3. The Hall–Kier alpha value is -3.68. The number of benzene rings is 1. The molecule has 2 heterocycles. The van der Waals surface area contributed by atoms with Crippen LogP contribution in [0, 0.1) is 6.92 Å². The van der Waals surface area contributed by atoms with Crippen LogP contribution in [-0.4, -0.2) is 48.1 Å². The summed E-state index contributed by atoms with van der Waals surface area (Å²) >= 11 is 0. The first-order valence-corrected chi connectivity index (χ1v) is 8.89. The van der Waals surface area contributed by atoms with E-state index in [9.17, 15) is 14.4 Å². The number of nitrogens with zero attached hydrogens (tertiary/aromatic N) is 2. The smallest absolute Gasteiger partial charge is 0.358 e. The van der Waals surface area contributed by atoms with Gasteiger partial charge in [0.25, 0.3) is 0 Å². The Morgan fingerprint density at radius 3 is 2.24 bits per heavy atom. The molecule has 0 amide bonds. The van der Waals surface area contributed by atoms with Crippen LogP contribution in [0.3, 0.4) is 0 Å². The Labute approximate surface area is 167 Å². The summed E-state index contributed by atoms with van der Waals surface area (Å²) in [6.45, 7) is 3.48. The number of rotatable bonds is 5. The molecule has 3 rings (SSSR count). The van der Waals surface area contributed by atoms with Gasteiger partial charge in [-0.25, -0.2) is 19.4 Å². The lowest BCUT2D eigenvalue weighted by Gasteiger charge is -2.15. The summed E-state index contributed by atoms with van der Waals surface area (Å²) in [4.78, 5) is 42.1. The van der Waals surface area contributed by atoms with E-state index in [1.54, 1.807) is 44.2 Å². The summed E-state index contributed by atoms with van der Waals surface area (Å²) in [6, 6.07) is 10.7. The van der Waals surface area contributed by atoms with Crippen molar-refractivity contribution in [3.8, 4) is 11.1 Å². The first-order chi connectivity index (χ1) is 13.9. The van der Waals surface area contributed by atoms with Crippen molar-refractivity contribution in [3.63, 3.8) is 0 Å². The fraction of sp³-hybridized carbons (Fsp3) is 0.238. The zero-order valence-corrected chi connectivity index (χ0v) is 16.5. The third kappa shape index (κ3) is 3.44. The highest BCUT2D eigenvalue weighted by molar-refractivity contribution is 6.08. The molecular weight excluding hydrogens is 376 g/mol. The minimum absolute atomic E-state index is 0.0222. The van der Waals surface area contributed by atoms with Crippen LogP contribution in [0.5, 0.6) is 0 Å². The average Bonchev–Trinajstić information content (AvgIpc) is 3.08. The normalized spacial score (nSPS) is 10.6. The Morgan fingerprint density at radius 1 is 1.00 bits per heavy atom. The van der Waals surface area contributed by atoms with Crippen LogP contribution in [0.2, 0.25) is 0 Å². The predicted molar refractivity (Wildman–Crippen MR) is 104 cm³/mol. The molecule has 0 unspecified atom stereocenters. The van der Waals surface area contributed by atoms with Crippen molar-refractivity contribution in [2.45, 2.75) is 13.8 Å². The fourth-order valence-corrected chi connectivity index (χ4v) is 3.18. The van der Waals surface area contributed by atoms with Crippen LogP contribution < -0.4 is 0 Å². The van der Waals surface area contributed by atoms with E-state index in [1.807, 2.05) is 6.07 Å². The van der Waals surface area contributed by atoms with Crippen LogP contribution in [0.4, 0.5) is 0 Å². The first-order valence-electron chi connectivity index (χ1n) is 8.89. The number of methoxy groups -OCH3 is 2. The highest BCUT2D eigenvalue weighted by Gasteiger charge is 2.30. The highest BCUT2D eigenvalue weighted by Crippen LogP contribution is 2.31. The number of imidazole rings is 1. The lowest BCUT2D eigenvalue weighted by atomic mass is 9.98. The van der Waals surface area contributed by atoms with Crippen molar-refractivity contribution < 1.29 is 28.6 Å². The van der Waals surface area contributed by atoms with Crippen LogP contribution in [0.15, 0.2) is 36.4 Å². The number of aryl methyl sites for hydroxylation is 1. The molecule has 8 heteroatoms. The van der Waals surface area contributed by atoms with E-state index in [0.29, 0.717) is 22.5 Å². The largest absolute Gasteiger partial charge is 0.465 e. The van der Waals surface area contributed by atoms with Gasteiger partial charge in [-0.1, -0.05) is 30.3 Å². The molecule has 0 spiro atoms. The summed E-state index contributed by atoms with van der Waals surface area (Å²) in [5.74, 6) is -2.09. The minimum Gasteiger partial charge on any atom is -0.465 e. The number of fused-ring (bicyclic) bond motifs is 1. The van der Waals surface area contributed by atoms with E-state index in [2.05, 4.69) is 4.98 Å². The third-order valence-corrected chi connectivity index (χ3v) is 4.46. The van der Waals surface area contributed by atoms with Gasteiger partial charge >= 0.3 is 17.9 Å².